The van der Waals surface area contributed by atoms with Crippen LogP contribution in [0.4, 0.5) is 4.79 Å². The van der Waals surface area contributed by atoms with Crippen LogP contribution in [0, 0.1) is 0 Å². The van der Waals surface area contributed by atoms with Gasteiger partial charge in [-0.25, -0.2) is 9.59 Å². The second kappa shape index (κ2) is 11.9. The van der Waals surface area contributed by atoms with Gasteiger partial charge in [0, 0.05) is 6.42 Å². The van der Waals surface area contributed by atoms with Crippen molar-refractivity contribution in [3.63, 3.8) is 0 Å². The maximum atomic E-state index is 11.8. The second-order valence-electron chi connectivity index (χ2n) is 6.23. The summed E-state index contributed by atoms with van der Waals surface area (Å²) in [5.74, 6) is -1.36. The van der Waals surface area contributed by atoms with Crippen LogP contribution in [0.15, 0.2) is 30.3 Å². The first-order valence-electron chi connectivity index (χ1n) is 8.78. The largest absolute Gasteiger partial charge is 0.480 e. The molecule has 7 nitrogen and oxygen atoms in total. The number of carbonyl (C=O) groups excluding carboxylic acids is 2. The second-order valence-corrected chi connectivity index (χ2v) is 6.23. The van der Waals surface area contributed by atoms with Gasteiger partial charge in [-0.1, -0.05) is 43.2 Å². The Morgan fingerprint density at radius 2 is 1.77 bits per heavy atom. The third kappa shape index (κ3) is 9.66. The first-order valence-corrected chi connectivity index (χ1v) is 8.78. The molecule has 0 aliphatic rings. The van der Waals surface area contributed by atoms with Gasteiger partial charge in [0.25, 0.3) is 0 Å². The van der Waals surface area contributed by atoms with Crippen molar-refractivity contribution in [2.24, 2.45) is 0 Å². The number of rotatable bonds is 11. The van der Waals surface area contributed by atoms with E-state index in [0.29, 0.717) is 25.7 Å². The standard InChI is InChI=1S/C19H27NO6/c1-14(2)26-17(21)12-8-4-7-11-16(18(22)23)20-19(24)25-13-15-9-5-3-6-10-15/h3,5-6,9-10,14,16H,4,7-8,11-13H2,1-2H3,(H,20,24)(H,22,23). The van der Waals surface area contributed by atoms with Gasteiger partial charge in [-0.3, -0.25) is 4.79 Å². The van der Waals surface area contributed by atoms with Crippen LogP contribution in [0.25, 0.3) is 0 Å². The minimum Gasteiger partial charge on any atom is -0.480 e. The van der Waals surface area contributed by atoms with Gasteiger partial charge in [0.05, 0.1) is 6.10 Å². The molecule has 0 bridgehead atoms. The number of amides is 1. The Balaban J connectivity index is 2.25. The average molecular weight is 365 g/mol. The molecule has 2 N–H and O–H groups in total. The lowest BCUT2D eigenvalue weighted by Crippen LogP contribution is -2.41. The van der Waals surface area contributed by atoms with Crippen molar-refractivity contribution in [2.45, 2.75) is 64.7 Å². The SMILES string of the molecule is CC(C)OC(=O)CCCCCC(NC(=O)OCc1ccccc1)C(=O)O. The van der Waals surface area contributed by atoms with Gasteiger partial charge in [-0.15, -0.1) is 0 Å². The lowest BCUT2D eigenvalue weighted by Gasteiger charge is -2.14. The summed E-state index contributed by atoms with van der Waals surface area (Å²) in [6.45, 7) is 3.66. The minimum atomic E-state index is -1.11. The van der Waals surface area contributed by atoms with Crippen LogP contribution in [-0.2, 0) is 25.7 Å². The highest BCUT2D eigenvalue weighted by atomic mass is 16.5. The van der Waals surface area contributed by atoms with Crippen LogP contribution < -0.4 is 5.32 Å². The Kier molecular flexibility index (Phi) is 9.82. The van der Waals surface area contributed by atoms with Crippen molar-refractivity contribution in [3.05, 3.63) is 35.9 Å². The maximum Gasteiger partial charge on any atom is 0.408 e. The molecule has 144 valence electrons. The molecule has 1 aromatic rings. The summed E-state index contributed by atoms with van der Waals surface area (Å²) in [7, 11) is 0. The summed E-state index contributed by atoms with van der Waals surface area (Å²) < 4.78 is 10.1. The van der Waals surface area contributed by atoms with Gasteiger partial charge in [-0.2, -0.15) is 0 Å². The first-order chi connectivity index (χ1) is 12.4. The molecule has 0 aromatic heterocycles. The lowest BCUT2D eigenvalue weighted by molar-refractivity contribution is -0.147. The van der Waals surface area contributed by atoms with Crippen LogP contribution >= 0.6 is 0 Å². The monoisotopic (exact) mass is 365 g/mol. The smallest absolute Gasteiger partial charge is 0.408 e. The molecule has 1 atom stereocenters. The van der Waals surface area contributed by atoms with E-state index in [1.807, 2.05) is 30.3 Å². The number of alkyl carbamates (subject to hydrolysis) is 1. The van der Waals surface area contributed by atoms with Gasteiger partial charge in [0.2, 0.25) is 0 Å². The molecule has 0 saturated carbocycles. The summed E-state index contributed by atoms with van der Waals surface area (Å²) in [5.41, 5.74) is 0.822. The van der Waals surface area contributed by atoms with Crippen LogP contribution in [0.1, 0.15) is 51.5 Å². The number of benzene rings is 1. The van der Waals surface area contributed by atoms with Gasteiger partial charge in [0.15, 0.2) is 0 Å². The molecular formula is C19H27NO6. The summed E-state index contributed by atoms with van der Waals surface area (Å²) in [5, 5.41) is 11.6. The van der Waals surface area contributed by atoms with Crippen molar-refractivity contribution in [3.8, 4) is 0 Å². The Morgan fingerprint density at radius 3 is 2.38 bits per heavy atom. The third-order valence-corrected chi connectivity index (χ3v) is 3.54. The van der Waals surface area contributed by atoms with Crippen molar-refractivity contribution >= 4 is 18.0 Å². The van der Waals surface area contributed by atoms with Gasteiger partial charge >= 0.3 is 18.0 Å². The fourth-order valence-electron chi connectivity index (χ4n) is 2.28. The Labute approximate surface area is 153 Å². The van der Waals surface area contributed by atoms with E-state index >= 15 is 0 Å². The molecule has 0 aliphatic heterocycles. The molecular weight excluding hydrogens is 338 g/mol. The van der Waals surface area contributed by atoms with Crippen molar-refractivity contribution in [2.75, 3.05) is 0 Å². The van der Waals surface area contributed by atoms with E-state index in [4.69, 9.17) is 9.47 Å². The number of unbranched alkanes of at least 4 members (excludes halogenated alkanes) is 2. The van der Waals surface area contributed by atoms with E-state index in [-0.39, 0.29) is 25.1 Å². The van der Waals surface area contributed by atoms with Gasteiger partial charge in [0.1, 0.15) is 12.6 Å². The van der Waals surface area contributed by atoms with Crippen LogP contribution in [0.3, 0.4) is 0 Å². The Bertz CT molecular complexity index is 573. The molecule has 0 heterocycles. The molecule has 0 fully saturated rings. The average Bonchev–Trinajstić information content (AvgIpc) is 2.58. The fraction of sp³-hybridized carbons (Fsp3) is 0.526. The highest BCUT2D eigenvalue weighted by Crippen LogP contribution is 2.08. The van der Waals surface area contributed by atoms with Gasteiger partial charge in [-0.05, 0) is 32.3 Å². The number of hydrogen-bond donors (Lipinski definition) is 2. The fourth-order valence-corrected chi connectivity index (χ4v) is 2.28. The molecule has 0 spiro atoms. The van der Waals surface area contributed by atoms with Crippen LogP contribution in [0.5, 0.6) is 0 Å². The van der Waals surface area contributed by atoms with E-state index in [0.717, 1.165) is 5.56 Å². The molecule has 7 heteroatoms. The molecule has 0 radical (unpaired) electrons. The quantitative estimate of drug-likeness (QED) is 0.461. The van der Waals surface area contributed by atoms with Crippen LogP contribution in [-0.4, -0.2) is 35.3 Å². The van der Waals surface area contributed by atoms with E-state index in [2.05, 4.69) is 5.32 Å². The van der Waals surface area contributed by atoms with E-state index in [9.17, 15) is 19.5 Å². The number of hydrogen-bond acceptors (Lipinski definition) is 5. The number of aliphatic carboxylic acids is 1. The zero-order valence-corrected chi connectivity index (χ0v) is 15.3. The molecule has 1 unspecified atom stereocenters. The molecule has 26 heavy (non-hydrogen) atoms. The number of carboxylic acid groups (broad SMARTS) is 1. The highest BCUT2D eigenvalue weighted by molar-refractivity contribution is 5.79. The Morgan fingerprint density at radius 1 is 1.08 bits per heavy atom. The number of carboxylic acids is 1. The molecule has 1 amide bonds. The predicted octanol–water partition coefficient (Wildman–Crippen LogP) is 3.27. The maximum absolute atomic E-state index is 11.8. The summed E-state index contributed by atoms with van der Waals surface area (Å²) in [4.78, 5) is 34.4. The minimum absolute atomic E-state index is 0.0803. The number of ether oxygens (including phenoxy) is 2. The number of carbonyl (C=O) groups is 3. The molecule has 0 saturated heterocycles. The van der Waals surface area contributed by atoms with Gasteiger partial charge < -0.3 is 19.9 Å². The first kappa shape index (κ1) is 21.5. The topological polar surface area (TPSA) is 102 Å². The van der Waals surface area contributed by atoms with Crippen molar-refractivity contribution in [1.29, 1.82) is 0 Å². The number of esters is 1. The molecule has 0 aliphatic carbocycles. The summed E-state index contributed by atoms with van der Waals surface area (Å²) >= 11 is 0. The molecule has 1 aromatic carbocycles. The summed E-state index contributed by atoms with van der Waals surface area (Å²) in [6, 6.07) is 8.12. The van der Waals surface area contributed by atoms with Crippen molar-refractivity contribution in [1.82, 2.24) is 5.32 Å². The number of nitrogens with one attached hydrogen (secondary N) is 1. The van der Waals surface area contributed by atoms with Crippen molar-refractivity contribution < 1.29 is 29.0 Å². The summed E-state index contributed by atoms with van der Waals surface area (Å²) in [6.07, 6.45) is 1.56. The lowest BCUT2D eigenvalue weighted by atomic mass is 10.1. The normalized spacial score (nSPS) is 11.7. The predicted molar refractivity (Wildman–Crippen MR) is 95.5 cm³/mol. The zero-order chi connectivity index (χ0) is 19.4. The van der Waals surface area contributed by atoms with E-state index in [1.165, 1.54) is 0 Å². The van der Waals surface area contributed by atoms with E-state index in [1.54, 1.807) is 13.8 Å². The highest BCUT2D eigenvalue weighted by Gasteiger charge is 2.20. The zero-order valence-electron chi connectivity index (χ0n) is 15.3. The van der Waals surface area contributed by atoms with E-state index < -0.39 is 18.1 Å². The third-order valence-electron chi connectivity index (χ3n) is 3.54. The Hall–Kier alpha value is -2.57. The molecule has 1 rings (SSSR count). The van der Waals surface area contributed by atoms with Crippen LogP contribution in [0.2, 0.25) is 0 Å².